The first kappa shape index (κ1) is 10.8. The van der Waals surface area contributed by atoms with Crippen LogP contribution in [0.5, 0.6) is 0 Å². The fourth-order valence-electron chi connectivity index (χ4n) is 3.46. The van der Waals surface area contributed by atoms with E-state index in [1.54, 1.807) is 0 Å². The van der Waals surface area contributed by atoms with Crippen LogP contribution in [0.25, 0.3) is 0 Å². The zero-order chi connectivity index (χ0) is 10.7. The Morgan fingerprint density at radius 3 is 2.87 bits per heavy atom. The zero-order valence-corrected chi connectivity index (χ0v) is 9.28. The maximum absolute atomic E-state index is 11.3. The van der Waals surface area contributed by atoms with Crippen molar-refractivity contribution < 1.29 is 9.59 Å². The van der Waals surface area contributed by atoms with Gasteiger partial charge in [0.1, 0.15) is 12.1 Å². The molecule has 0 amide bonds. The van der Waals surface area contributed by atoms with Crippen molar-refractivity contribution in [2.75, 3.05) is 0 Å². The molecule has 3 unspecified atom stereocenters. The van der Waals surface area contributed by atoms with E-state index in [0.717, 1.165) is 31.5 Å². The van der Waals surface area contributed by atoms with Crippen LogP contribution in [0.4, 0.5) is 0 Å². The van der Waals surface area contributed by atoms with Gasteiger partial charge in [0.25, 0.3) is 0 Å². The number of ketones is 1. The Morgan fingerprint density at radius 1 is 1.20 bits per heavy atom. The Bertz CT molecular complexity index is 247. The van der Waals surface area contributed by atoms with Gasteiger partial charge in [-0.2, -0.15) is 0 Å². The third-order valence-corrected chi connectivity index (χ3v) is 4.22. The van der Waals surface area contributed by atoms with Crippen molar-refractivity contribution in [3.63, 3.8) is 0 Å². The van der Waals surface area contributed by atoms with Crippen molar-refractivity contribution in [3.05, 3.63) is 0 Å². The lowest BCUT2D eigenvalue weighted by Crippen LogP contribution is -2.09. The smallest absolute Gasteiger partial charge is 0.133 e. The van der Waals surface area contributed by atoms with E-state index in [2.05, 4.69) is 0 Å². The van der Waals surface area contributed by atoms with Crippen LogP contribution in [0.3, 0.4) is 0 Å². The standard InChI is InChI=1S/C13H20O2/c14-7-3-1-2-4-10-5-6-11-8-12(15)9-13(10)11/h7,10-11,13H,1-6,8-9H2. The third kappa shape index (κ3) is 2.47. The van der Waals surface area contributed by atoms with Crippen LogP contribution in [0.15, 0.2) is 0 Å². The molecule has 2 saturated carbocycles. The van der Waals surface area contributed by atoms with Crippen molar-refractivity contribution in [1.29, 1.82) is 0 Å². The first-order valence-electron chi connectivity index (χ1n) is 6.26. The molecule has 2 heteroatoms. The predicted molar refractivity (Wildman–Crippen MR) is 58.5 cm³/mol. The highest BCUT2D eigenvalue weighted by Gasteiger charge is 2.41. The van der Waals surface area contributed by atoms with E-state index in [-0.39, 0.29) is 0 Å². The lowest BCUT2D eigenvalue weighted by molar-refractivity contribution is -0.118. The van der Waals surface area contributed by atoms with Crippen LogP contribution in [0, 0.1) is 17.8 Å². The van der Waals surface area contributed by atoms with Gasteiger partial charge in [-0.15, -0.1) is 0 Å². The van der Waals surface area contributed by atoms with Gasteiger partial charge in [0.15, 0.2) is 0 Å². The van der Waals surface area contributed by atoms with Crippen molar-refractivity contribution in [3.8, 4) is 0 Å². The van der Waals surface area contributed by atoms with Gasteiger partial charge in [0, 0.05) is 19.3 Å². The molecule has 0 aromatic heterocycles. The molecule has 0 radical (unpaired) electrons. The number of fused-ring (bicyclic) bond motifs is 1. The van der Waals surface area contributed by atoms with E-state index in [4.69, 9.17) is 0 Å². The summed E-state index contributed by atoms with van der Waals surface area (Å²) in [5.74, 6) is 2.69. The number of unbranched alkanes of at least 4 members (excludes halogenated alkanes) is 2. The van der Waals surface area contributed by atoms with Crippen LogP contribution in [0.1, 0.15) is 51.4 Å². The predicted octanol–water partition coefficient (Wildman–Crippen LogP) is 2.75. The normalized spacial score (nSPS) is 34.4. The number of Topliss-reactive ketones (excluding diaryl/α,β-unsaturated/α-hetero) is 1. The fourth-order valence-corrected chi connectivity index (χ4v) is 3.46. The lowest BCUT2D eigenvalue weighted by Gasteiger charge is -2.17. The van der Waals surface area contributed by atoms with Crippen molar-refractivity contribution in [1.82, 2.24) is 0 Å². The van der Waals surface area contributed by atoms with Crippen LogP contribution in [0.2, 0.25) is 0 Å². The summed E-state index contributed by atoms with van der Waals surface area (Å²) in [6.45, 7) is 0. The molecule has 2 fully saturated rings. The highest BCUT2D eigenvalue weighted by Crippen LogP contribution is 2.47. The van der Waals surface area contributed by atoms with E-state index >= 15 is 0 Å². The monoisotopic (exact) mass is 208 g/mol. The molecule has 84 valence electrons. The summed E-state index contributed by atoms with van der Waals surface area (Å²) in [6, 6.07) is 0. The molecule has 0 bridgehead atoms. The van der Waals surface area contributed by atoms with Gasteiger partial charge >= 0.3 is 0 Å². The molecule has 2 rings (SSSR count). The number of carbonyl (C=O) groups excluding carboxylic acids is 2. The third-order valence-electron chi connectivity index (χ3n) is 4.22. The summed E-state index contributed by atoms with van der Waals surface area (Å²) in [7, 11) is 0. The highest BCUT2D eigenvalue weighted by atomic mass is 16.1. The van der Waals surface area contributed by atoms with E-state index in [0.29, 0.717) is 24.0 Å². The van der Waals surface area contributed by atoms with Gasteiger partial charge in [0.05, 0.1) is 0 Å². The second-order valence-electron chi connectivity index (χ2n) is 5.16. The number of carbonyl (C=O) groups is 2. The molecular formula is C13H20O2. The van der Waals surface area contributed by atoms with Gasteiger partial charge in [-0.05, 0) is 37.0 Å². The largest absolute Gasteiger partial charge is 0.303 e. The second kappa shape index (κ2) is 4.91. The number of hydrogen-bond acceptors (Lipinski definition) is 2. The molecule has 0 aromatic rings. The van der Waals surface area contributed by atoms with Gasteiger partial charge in [0.2, 0.25) is 0 Å². The van der Waals surface area contributed by atoms with Crippen molar-refractivity contribution in [2.45, 2.75) is 51.4 Å². The second-order valence-corrected chi connectivity index (χ2v) is 5.16. The molecule has 0 heterocycles. The number of hydrogen-bond donors (Lipinski definition) is 0. The summed E-state index contributed by atoms with van der Waals surface area (Å²) in [4.78, 5) is 21.5. The van der Waals surface area contributed by atoms with E-state index in [1.165, 1.54) is 25.7 Å². The van der Waals surface area contributed by atoms with Crippen molar-refractivity contribution in [2.24, 2.45) is 17.8 Å². The van der Waals surface area contributed by atoms with E-state index in [9.17, 15) is 9.59 Å². The van der Waals surface area contributed by atoms with E-state index in [1.807, 2.05) is 0 Å². The molecule has 2 aliphatic rings. The minimum atomic E-state index is 0.489. The molecule has 2 nitrogen and oxygen atoms in total. The Hall–Kier alpha value is -0.660. The quantitative estimate of drug-likeness (QED) is 0.514. The summed E-state index contributed by atoms with van der Waals surface area (Å²) < 4.78 is 0. The average Bonchev–Trinajstić information content (AvgIpc) is 2.73. The number of rotatable bonds is 5. The molecule has 3 atom stereocenters. The average molecular weight is 208 g/mol. The first-order chi connectivity index (χ1) is 7.31. The maximum atomic E-state index is 11.3. The van der Waals surface area contributed by atoms with Crippen LogP contribution < -0.4 is 0 Å². The molecule has 15 heavy (non-hydrogen) atoms. The SMILES string of the molecule is O=CCCCCC1CCC2CC(=O)CC12. The number of aldehydes is 1. The molecule has 2 aliphatic carbocycles. The zero-order valence-electron chi connectivity index (χ0n) is 9.28. The summed E-state index contributed by atoms with van der Waals surface area (Å²) in [5.41, 5.74) is 0. The Kier molecular flexibility index (Phi) is 3.55. The molecule has 0 N–H and O–H groups in total. The van der Waals surface area contributed by atoms with Crippen LogP contribution in [-0.2, 0) is 9.59 Å². The molecule has 0 saturated heterocycles. The van der Waals surface area contributed by atoms with Gasteiger partial charge in [-0.25, -0.2) is 0 Å². The summed E-state index contributed by atoms with van der Waals surface area (Å²) in [6.07, 6.45) is 9.46. The summed E-state index contributed by atoms with van der Waals surface area (Å²) >= 11 is 0. The van der Waals surface area contributed by atoms with Gasteiger partial charge in [-0.1, -0.05) is 12.8 Å². The Morgan fingerprint density at radius 2 is 2.07 bits per heavy atom. The van der Waals surface area contributed by atoms with Crippen molar-refractivity contribution >= 4 is 12.1 Å². The summed E-state index contributed by atoms with van der Waals surface area (Å²) in [5, 5.41) is 0. The van der Waals surface area contributed by atoms with Crippen LogP contribution >= 0.6 is 0 Å². The molecule has 0 spiro atoms. The molecule has 0 aromatic carbocycles. The first-order valence-corrected chi connectivity index (χ1v) is 6.26. The van der Waals surface area contributed by atoms with Gasteiger partial charge < -0.3 is 4.79 Å². The maximum Gasteiger partial charge on any atom is 0.133 e. The Balaban J connectivity index is 1.74. The molecule has 0 aliphatic heterocycles. The van der Waals surface area contributed by atoms with Gasteiger partial charge in [-0.3, -0.25) is 4.79 Å². The van der Waals surface area contributed by atoms with E-state index < -0.39 is 0 Å². The van der Waals surface area contributed by atoms with Crippen LogP contribution in [-0.4, -0.2) is 12.1 Å². The minimum Gasteiger partial charge on any atom is -0.303 e. The fraction of sp³-hybridized carbons (Fsp3) is 0.846. The molecular weight excluding hydrogens is 188 g/mol. The highest BCUT2D eigenvalue weighted by molar-refractivity contribution is 5.81. The minimum absolute atomic E-state index is 0.489. The Labute approximate surface area is 91.4 Å². The topological polar surface area (TPSA) is 34.1 Å². The lowest BCUT2D eigenvalue weighted by atomic mass is 9.88.